The van der Waals surface area contributed by atoms with Crippen LogP contribution in [0, 0.1) is 0 Å². The lowest BCUT2D eigenvalue weighted by Crippen LogP contribution is -2.34. The second kappa shape index (κ2) is 7.32. The van der Waals surface area contributed by atoms with Crippen molar-refractivity contribution < 1.29 is 19.4 Å². The summed E-state index contributed by atoms with van der Waals surface area (Å²) < 4.78 is 4.29. The molecule has 0 bridgehead atoms. The minimum Gasteiger partial charge on any atom is -0.462 e. The molecule has 5 heteroatoms. The van der Waals surface area contributed by atoms with E-state index in [0.717, 1.165) is 19.3 Å². The van der Waals surface area contributed by atoms with Crippen LogP contribution >= 0.6 is 0 Å². The highest BCUT2D eigenvalue weighted by Gasteiger charge is 2.17. The first-order chi connectivity index (χ1) is 6.63. The van der Waals surface area contributed by atoms with Crippen LogP contribution in [0.3, 0.4) is 0 Å². The van der Waals surface area contributed by atoms with E-state index in [9.17, 15) is 9.59 Å². The average molecular weight is 203 g/mol. The zero-order valence-corrected chi connectivity index (χ0v) is 8.65. The van der Waals surface area contributed by atoms with Crippen LogP contribution in [0.15, 0.2) is 0 Å². The Morgan fingerprint density at radius 1 is 1.29 bits per heavy atom. The molecule has 0 aliphatic heterocycles. The third-order valence-corrected chi connectivity index (χ3v) is 1.86. The molecule has 0 aliphatic carbocycles. The Morgan fingerprint density at radius 3 is 2.43 bits per heavy atom. The summed E-state index contributed by atoms with van der Waals surface area (Å²) >= 11 is 0. The monoisotopic (exact) mass is 203 g/mol. The molecule has 1 amide bonds. The number of nitrogens with zero attached hydrogens (tertiary/aromatic N) is 1. The van der Waals surface area contributed by atoms with E-state index in [1.165, 1.54) is 12.0 Å². The number of hydrogen-bond donors (Lipinski definition) is 1. The second-order valence-corrected chi connectivity index (χ2v) is 3.00. The van der Waals surface area contributed by atoms with E-state index < -0.39 is 11.9 Å². The van der Waals surface area contributed by atoms with Gasteiger partial charge in [0.1, 0.15) is 0 Å². The minimum absolute atomic E-state index is 0.161. The number of amides is 1. The largest absolute Gasteiger partial charge is 0.462 e. The number of esters is 1. The maximum Gasteiger partial charge on any atom is 0.396 e. The van der Waals surface area contributed by atoms with E-state index in [1.54, 1.807) is 7.05 Å². The number of methoxy groups -OCH3 is 1. The molecule has 0 aromatic heterocycles. The second-order valence-electron chi connectivity index (χ2n) is 3.00. The summed E-state index contributed by atoms with van der Waals surface area (Å²) in [4.78, 5) is 23.3. The first kappa shape index (κ1) is 12.9. The smallest absolute Gasteiger partial charge is 0.396 e. The number of carbonyl (C=O) groups is 2. The Balaban J connectivity index is 3.67. The van der Waals surface area contributed by atoms with E-state index in [4.69, 9.17) is 5.11 Å². The van der Waals surface area contributed by atoms with Gasteiger partial charge >= 0.3 is 11.9 Å². The summed E-state index contributed by atoms with van der Waals surface area (Å²) in [6.07, 6.45) is 2.34. The van der Waals surface area contributed by atoms with Gasteiger partial charge in [-0.1, -0.05) is 0 Å². The summed E-state index contributed by atoms with van der Waals surface area (Å²) in [6.45, 7) is 0.669. The zero-order chi connectivity index (χ0) is 11.0. The highest BCUT2D eigenvalue weighted by atomic mass is 16.5. The fourth-order valence-electron chi connectivity index (χ4n) is 0.982. The van der Waals surface area contributed by atoms with Crippen molar-refractivity contribution in [2.45, 2.75) is 19.3 Å². The van der Waals surface area contributed by atoms with Gasteiger partial charge in [0.15, 0.2) is 0 Å². The molecule has 0 fully saturated rings. The van der Waals surface area contributed by atoms with Gasteiger partial charge in [0.25, 0.3) is 0 Å². The van der Waals surface area contributed by atoms with Gasteiger partial charge in [0.05, 0.1) is 7.11 Å². The quantitative estimate of drug-likeness (QED) is 0.381. The van der Waals surface area contributed by atoms with Gasteiger partial charge in [-0.2, -0.15) is 0 Å². The Kier molecular flexibility index (Phi) is 6.74. The van der Waals surface area contributed by atoms with E-state index in [-0.39, 0.29) is 6.61 Å². The third kappa shape index (κ3) is 4.81. The fourth-order valence-corrected chi connectivity index (χ4v) is 0.982. The lowest BCUT2D eigenvalue weighted by Gasteiger charge is -2.14. The molecule has 0 spiro atoms. The van der Waals surface area contributed by atoms with Gasteiger partial charge in [0, 0.05) is 20.2 Å². The number of carbonyl (C=O) groups excluding carboxylic acids is 2. The van der Waals surface area contributed by atoms with Crippen LogP contribution < -0.4 is 0 Å². The Morgan fingerprint density at radius 2 is 1.93 bits per heavy atom. The standard InChI is InChI=1S/C9H17NO4/c1-10(6-4-3-5-7-11)8(12)9(13)14-2/h11H,3-7H2,1-2H3. The van der Waals surface area contributed by atoms with Crippen molar-refractivity contribution in [1.29, 1.82) is 0 Å². The van der Waals surface area contributed by atoms with Crippen molar-refractivity contribution in [2.75, 3.05) is 27.3 Å². The topological polar surface area (TPSA) is 66.8 Å². The summed E-state index contributed by atoms with van der Waals surface area (Å²) in [5.41, 5.74) is 0. The highest BCUT2D eigenvalue weighted by Crippen LogP contribution is 1.97. The maximum atomic E-state index is 11.1. The van der Waals surface area contributed by atoms with Gasteiger partial charge in [-0.3, -0.25) is 4.79 Å². The normalized spacial score (nSPS) is 9.64. The average Bonchev–Trinajstić information content (AvgIpc) is 2.21. The van der Waals surface area contributed by atoms with Gasteiger partial charge in [-0.15, -0.1) is 0 Å². The SMILES string of the molecule is COC(=O)C(=O)N(C)CCCCCO. The number of aliphatic hydroxyl groups is 1. The number of unbranched alkanes of at least 4 members (excludes halogenated alkanes) is 2. The molecule has 0 rings (SSSR count). The third-order valence-electron chi connectivity index (χ3n) is 1.86. The van der Waals surface area contributed by atoms with Gasteiger partial charge < -0.3 is 14.7 Å². The van der Waals surface area contributed by atoms with Gasteiger partial charge in [-0.25, -0.2) is 4.79 Å². The molecule has 0 aromatic carbocycles. The molecule has 0 unspecified atom stereocenters. The number of aliphatic hydroxyl groups excluding tert-OH is 1. The molecule has 0 saturated carbocycles. The van der Waals surface area contributed by atoms with Crippen LogP contribution in [0.25, 0.3) is 0 Å². The van der Waals surface area contributed by atoms with Crippen molar-refractivity contribution in [2.24, 2.45) is 0 Å². The highest BCUT2D eigenvalue weighted by molar-refractivity contribution is 6.32. The zero-order valence-electron chi connectivity index (χ0n) is 8.65. The molecule has 5 nitrogen and oxygen atoms in total. The summed E-state index contributed by atoms with van der Waals surface area (Å²) in [7, 11) is 2.73. The maximum absolute atomic E-state index is 11.1. The predicted octanol–water partition coefficient (Wildman–Crippen LogP) is -0.220. The molecular weight excluding hydrogens is 186 g/mol. The van der Waals surface area contributed by atoms with Crippen molar-refractivity contribution in [3.8, 4) is 0 Å². The van der Waals surface area contributed by atoms with Gasteiger partial charge in [0.2, 0.25) is 0 Å². The predicted molar refractivity (Wildman–Crippen MR) is 50.6 cm³/mol. The lowest BCUT2D eigenvalue weighted by molar-refractivity contribution is -0.157. The molecule has 0 aromatic rings. The first-order valence-electron chi connectivity index (χ1n) is 4.57. The summed E-state index contributed by atoms with van der Waals surface area (Å²) in [5, 5.41) is 8.51. The molecule has 14 heavy (non-hydrogen) atoms. The summed E-state index contributed by atoms with van der Waals surface area (Å²) in [5.74, 6) is -1.47. The van der Waals surface area contributed by atoms with Crippen LogP contribution in [0.5, 0.6) is 0 Å². The van der Waals surface area contributed by atoms with Crippen molar-refractivity contribution in [3.05, 3.63) is 0 Å². The molecule has 82 valence electrons. The van der Waals surface area contributed by atoms with E-state index in [1.807, 2.05) is 0 Å². The molecule has 0 radical (unpaired) electrons. The fraction of sp³-hybridized carbons (Fsp3) is 0.778. The molecule has 0 aliphatic rings. The molecule has 0 atom stereocenters. The molecule has 0 saturated heterocycles. The van der Waals surface area contributed by atoms with E-state index in [2.05, 4.69) is 4.74 Å². The van der Waals surface area contributed by atoms with Crippen LogP contribution in [-0.4, -0.2) is 49.2 Å². The van der Waals surface area contributed by atoms with Gasteiger partial charge in [-0.05, 0) is 19.3 Å². The Hall–Kier alpha value is -1.10. The molecular formula is C9H17NO4. The summed E-state index contributed by atoms with van der Waals surface area (Å²) in [6, 6.07) is 0. The Bertz CT molecular complexity index is 193. The number of likely N-dealkylation sites (N-methyl/N-ethyl adjacent to an activating group) is 1. The van der Waals surface area contributed by atoms with Crippen molar-refractivity contribution in [3.63, 3.8) is 0 Å². The van der Waals surface area contributed by atoms with Crippen molar-refractivity contribution in [1.82, 2.24) is 4.90 Å². The van der Waals surface area contributed by atoms with Crippen molar-refractivity contribution >= 4 is 11.9 Å². The van der Waals surface area contributed by atoms with Crippen LogP contribution in [0.4, 0.5) is 0 Å². The number of ether oxygens (including phenoxy) is 1. The number of hydrogen-bond acceptors (Lipinski definition) is 4. The Labute approximate surface area is 83.6 Å². The van der Waals surface area contributed by atoms with Crippen LogP contribution in [0.1, 0.15) is 19.3 Å². The van der Waals surface area contributed by atoms with E-state index >= 15 is 0 Å². The first-order valence-corrected chi connectivity index (χ1v) is 4.57. The number of rotatable bonds is 5. The van der Waals surface area contributed by atoms with E-state index in [0.29, 0.717) is 6.54 Å². The van der Waals surface area contributed by atoms with Crippen LogP contribution in [0.2, 0.25) is 0 Å². The lowest BCUT2D eigenvalue weighted by atomic mass is 10.2. The minimum atomic E-state index is -0.838. The molecule has 1 N–H and O–H groups in total. The van der Waals surface area contributed by atoms with Crippen LogP contribution in [-0.2, 0) is 14.3 Å². The molecule has 0 heterocycles.